The summed E-state index contributed by atoms with van der Waals surface area (Å²) in [6, 6.07) is 1.64. The third-order valence-electron chi connectivity index (χ3n) is 3.08. The first-order valence-electron chi connectivity index (χ1n) is 6.13. The van der Waals surface area contributed by atoms with E-state index in [-0.39, 0.29) is 0 Å². The lowest BCUT2D eigenvalue weighted by molar-refractivity contribution is -0.145. The van der Waals surface area contributed by atoms with Gasteiger partial charge in [0.2, 0.25) is 5.88 Å². The molecule has 98 valence electrons. The molecule has 0 amide bonds. The van der Waals surface area contributed by atoms with Crippen LogP contribution >= 0.6 is 0 Å². The Morgan fingerprint density at radius 3 is 2.89 bits per heavy atom. The molecule has 1 saturated carbocycles. The normalized spacial score (nSPS) is 16.7. The maximum Gasteiger partial charge on any atom is 0.329 e. The molecule has 2 rings (SSSR count). The number of hydrogen-bond acceptors (Lipinski definition) is 5. The molecule has 0 radical (unpaired) electrons. The van der Waals surface area contributed by atoms with Crippen molar-refractivity contribution >= 4 is 11.8 Å². The maximum atomic E-state index is 11.2. The predicted octanol–water partition coefficient (Wildman–Crippen LogP) is 1.68. The summed E-state index contributed by atoms with van der Waals surface area (Å²) >= 11 is 0. The minimum atomic E-state index is -0.865. The Kier molecular flexibility index (Phi) is 3.64. The van der Waals surface area contributed by atoms with Gasteiger partial charge in [0.05, 0.1) is 6.61 Å². The number of carboxylic acid groups (broad SMARTS) is 1. The summed E-state index contributed by atoms with van der Waals surface area (Å²) < 4.78 is 5.38. The van der Waals surface area contributed by atoms with E-state index in [1.807, 2.05) is 6.92 Å². The van der Waals surface area contributed by atoms with Gasteiger partial charge in [-0.2, -0.15) is 0 Å². The standard InChI is InChI=1S/C12H17N3O3/c1-2-6-18-10-7-9(13-8-14-10)15-12(11(16)17)4-3-5-12/h7-8H,2-6H2,1H3,(H,16,17)(H,13,14,15). The molecule has 1 aromatic rings. The van der Waals surface area contributed by atoms with Crippen molar-refractivity contribution in [3.8, 4) is 5.88 Å². The van der Waals surface area contributed by atoms with Gasteiger partial charge in [0, 0.05) is 6.07 Å². The van der Waals surface area contributed by atoms with E-state index in [4.69, 9.17) is 4.74 Å². The zero-order valence-electron chi connectivity index (χ0n) is 10.3. The van der Waals surface area contributed by atoms with Crippen LogP contribution in [0.25, 0.3) is 0 Å². The Labute approximate surface area is 105 Å². The molecule has 0 saturated heterocycles. The molecule has 0 aromatic carbocycles. The fourth-order valence-corrected chi connectivity index (χ4v) is 1.86. The van der Waals surface area contributed by atoms with Crippen LogP contribution < -0.4 is 10.1 Å². The Bertz CT molecular complexity index is 432. The molecule has 1 fully saturated rings. The Balaban J connectivity index is 2.06. The molecule has 1 heterocycles. The lowest BCUT2D eigenvalue weighted by Gasteiger charge is -2.38. The van der Waals surface area contributed by atoms with Crippen LogP contribution in [-0.4, -0.2) is 33.2 Å². The van der Waals surface area contributed by atoms with Crippen molar-refractivity contribution in [1.82, 2.24) is 9.97 Å². The van der Waals surface area contributed by atoms with E-state index >= 15 is 0 Å². The summed E-state index contributed by atoms with van der Waals surface area (Å²) in [5.74, 6) is 0.135. The number of carbonyl (C=O) groups is 1. The molecule has 18 heavy (non-hydrogen) atoms. The Morgan fingerprint density at radius 1 is 1.56 bits per heavy atom. The molecule has 0 aliphatic heterocycles. The van der Waals surface area contributed by atoms with Gasteiger partial charge in [-0.1, -0.05) is 6.92 Å². The highest BCUT2D eigenvalue weighted by Crippen LogP contribution is 2.35. The highest BCUT2D eigenvalue weighted by Gasteiger charge is 2.44. The topological polar surface area (TPSA) is 84.3 Å². The SMILES string of the molecule is CCCOc1cc(NC2(C(=O)O)CCC2)ncn1. The zero-order valence-corrected chi connectivity index (χ0v) is 10.3. The number of anilines is 1. The number of aliphatic carboxylic acids is 1. The molecule has 0 unspecified atom stereocenters. The van der Waals surface area contributed by atoms with Crippen LogP contribution in [0.5, 0.6) is 5.88 Å². The van der Waals surface area contributed by atoms with Crippen molar-refractivity contribution in [3.63, 3.8) is 0 Å². The third kappa shape index (κ3) is 2.52. The van der Waals surface area contributed by atoms with Crippen LogP contribution in [0, 0.1) is 0 Å². The summed E-state index contributed by atoms with van der Waals surface area (Å²) in [6.45, 7) is 2.59. The predicted molar refractivity (Wildman–Crippen MR) is 65.7 cm³/mol. The van der Waals surface area contributed by atoms with Gasteiger partial charge in [-0.05, 0) is 25.7 Å². The first-order valence-corrected chi connectivity index (χ1v) is 6.13. The van der Waals surface area contributed by atoms with E-state index in [1.165, 1.54) is 6.33 Å². The Morgan fingerprint density at radius 2 is 2.33 bits per heavy atom. The van der Waals surface area contributed by atoms with Gasteiger partial charge >= 0.3 is 5.97 Å². The van der Waals surface area contributed by atoms with Crippen molar-refractivity contribution < 1.29 is 14.6 Å². The number of carboxylic acids is 1. The second-order valence-corrected chi connectivity index (χ2v) is 4.46. The average Bonchev–Trinajstić information content (AvgIpc) is 2.31. The van der Waals surface area contributed by atoms with Gasteiger partial charge in [0.15, 0.2) is 0 Å². The van der Waals surface area contributed by atoms with E-state index in [2.05, 4.69) is 15.3 Å². The van der Waals surface area contributed by atoms with E-state index in [0.29, 0.717) is 31.1 Å². The molecule has 1 aromatic heterocycles. The van der Waals surface area contributed by atoms with Gasteiger partial charge in [-0.25, -0.2) is 14.8 Å². The quantitative estimate of drug-likeness (QED) is 0.800. The summed E-state index contributed by atoms with van der Waals surface area (Å²) in [6.07, 6.45) is 4.44. The van der Waals surface area contributed by atoms with Gasteiger partial charge in [0.25, 0.3) is 0 Å². The number of hydrogen-bond donors (Lipinski definition) is 2. The number of rotatable bonds is 6. The molecular formula is C12H17N3O3. The van der Waals surface area contributed by atoms with Gasteiger partial charge < -0.3 is 15.2 Å². The lowest BCUT2D eigenvalue weighted by atomic mass is 9.77. The molecule has 0 bridgehead atoms. The second-order valence-electron chi connectivity index (χ2n) is 4.46. The molecule has 6 heteroatoms. The van der Waals surface area contributed by atoms with Crippen molar-refractivity contribution in [2.24, 2.45) is 0 Å². The van der Waals surface area contributed by atoms with E-state index in [1.54, 1.807) is 6.07 Å². The van der Waals surface area contributed by atoms with Gasteiger partial charge in [-0.15, -0.1) is 0 Å². The highest BCUT2D eigenvalue weighted by molar-refractivity contribution is 5.83. The highest BCUT2D eigenvalue weighted by atomic mass is 16.5. The van der Waals surface area contributed by atoms with Crippen molar-refractivity contribution in [2.45, 2.75) is 38.1 Å². The smallest absolute Gasteiger partial charge is 0.329 e. The molecule has 0 spiro atoms. The summed E-state index contributed by atoms with van der Waals surface area (Å²) in [4.78, 5) is 19.2. The van der Waals surface area contributed by atoms with Gasteiger partial charge in [0.1, 0.15) is 17.7 Å². The molecule has 2 N–H and O–H groups in total. The Hall–Kier alpha value is -1.85. The first-order chi connectivity index (χ1) is 8.66. The molecular weight excluding hydrogens is 234 g/mol. The third-order valence-corrected chi connectivity index (χ3v) is 3.08. The van der Waals surface area contributed by atoms with Crippen LogP contribution in [0.15, 0.2) is 12.4 Å². The number of nitrogens with one attached hydrogen (secondary N) is 1. The van der Waals surface area contributed by atoms with Gasteiger partial charge in [-0.3, -0.25) is 0 Å². The van der Waals surface area contributed by atoms with Crippen LogP contribution in [0.3, 0.4) is 0 Å². The minimum Gasteiger partial charge on any atom is -0.480 e. The fraction of sp³-hybridized carbons (Fsp3) is 0.583. The average molecular weight is 251 g/mol. The summed E-state index contributed by atoms with van der Waals surface area (Å²) in [7, 11) is 0. The van der Waals surface area contributed by atoms with E-state index < -0.39 is 11.5 Å². The number of ether oxygens (including phenoxy) is 1. The van der Waals surface area contributed by atoms with Crippen LogP contribution in [0.4, 0.5) is 5.82 Å². The first kappa shape index (κ1) is 12.6. The molecule has 6 nitrogen and oxygen atoms in total. The summed E-state index contributed by atoms with van der Waals surface area (Å²) in [5, 5.41) is 12.2. The summed E-state index contributed by atoms with van der Waals surface area (Å²) in [5.41, 5.74) is -0.865. The van der Waals surface area contributed by atoms with Crippen LogP contribution in [0.2, 0.25) is 0 Å². The van der Waals surface area contributed by atoms with Crippen molar-refractivity contribution in [1.29, 1.82) is 0 Å². The van der Waals surface area contributed by atoms with Crippen LogP contribution in [0.1, 0.15) is 32.6 Å². The van der Waals surface area contributed by atoms with Crippen molar-refractivity contribution in [3.05, 3.63) is 12.4 Å². The second kappa shape index (κ2) is 5.20. The zero-order chi connectivity index (χ0) is 13.0. The largest absolute Gasteiger partial charge is 0.480 e. The van der Waals surface area contributed by atoms with E-state index in [9.17, 15) is 9.90 Å². The molecule has 1 aliphatic carbocycles. The minimum absolute atomic E-state index is 0.467. The number of nitrogens with zero attached hydrogens (tertiary/aromatic N) is 2. The molecule has 1 aliphatic rings. The molecule has 0 atom stereocenters. The number of aromatic nitrogens is 2. The monoisotopic (exact) mass is 251 g/mol. The fourth-order valence-electron chi connectivity index (χ4n) is 1.86. The van der Waals surface area contributed by atoms with E-state index in [0.717, 1.165) is 12.8 Å². The van der Waals surface area contributed by atoms with Crippen LogP contribution in [-0.2, 0) is 4.79 Å². The lowest BCUT2D eigenvalue weighted by Crippen LogP contribution is -2.52. The maximum absolute atomic E-state index is 11.2. The van der Waals surface area contributed by atoms with Crippen molar-refractivity contribution in [2.75, 3.05) is 11.9 Å².